The average molecular weight is 261 g/mol. The van der Waals surface area contributed by atoms with E-state index in [2.05, 4.69) is 38.2 Å². The maximum absolute atomic E-state index is 11.9. The molecule has 1 aliphatic carbocycles. The third-order valence-corrected chi connectivity index (χ3v) is 3.44. The Balaban J connectivity index is 2.17. The number of benzene rings is 1. The zero-order valence-corrected chi connectivity index (χ0v) is 12.2. The van der Waals surface area contributed by atoms with E-state index in [1.54, 1.807) is 7.11 Å². The Morgan fingerprint density at radius 1 is 1.37 bits per heavy atom. The van der Waals surface area contributed by atoms with Crippen molar-refractivity contribution >= 4 is 5.91 Å². The molecule has 1 saturated carbocycles. The molecule has 1 aromatic carbocycles. The lowest BCUT2D eigenvalue weighted by Crippen LogP contribution is -2.27. The molecule has 0 unspecified atom stereocenters. The molecule has 0 aliphatic heterocycles. The van der Waals surface area contributed by atoms with Gasteiger partial charge in [-0.25, -0.2) is 0 Å². The van der Waals surface area contributed by atoms with Crippen LogP contribution in [0.5, 0.6) is 5.75 Å². The SMILES string of the molecule is COc1ccc(C(C)(C)C)cc1CC(=O)NC1CC1. The van der Waals surface area contributed by atoms with Crippen LogP contribution in [0.25, 0.3) is 0 Å². The van der Waals surface area contributed by atoms with Gasteiger partial charge in [-0.1, -0.05) is 32.9 Å². The predicted molar refractivity (Wildman–Crippen MR) is 76.6 cm³/mol. The van der Waals surface area contributed by atoms with Gasteiger partial charge < -0.3 is 10.1 Å². The lowest BCUT2D eigenvalue weighted by Gasteiger charge is -2.21. The van der Waals surface area contributed by atoms with Gasteiger partial charge in [-0.15, -0.1) is 0 Å². The molecule has 1 fully saturated rings. The summed E-state index contributed by atoms with van der Waals surface area (Å²) in [5.41, 5.74) is 2.27. The highest BCUT2D eigenvalue weighted by Gasteiger charge is 2.24. The van der Waals surface area contributed by atoms with E-state index in [4.69, 9.17) is 4.74 Å². The summed E-state index contributed by atoms with van der Waals surface area (Å²) in [6.45, 7) is 6.51. The molecule has 19 heavy (non-hydrogen) atoms. The van der Waals surface area contributed by atoms with Gasteiger partial charge in [0.2, 0.25) is 5.91 Å². The molecule has 0 radical (unpaired) electrons. The second-order valence-electron chi connectivity index (χ2n) is 6.30. The molecular weight excluding hydrogens is 238 g/mol. The summed E-state index contributed by atoms with van der Waals surface area (Å²) in [5.74, 6) is 0.880. The first kappa shape index (κ1) is 13.9. The number of hydrogen-bond donors (Lipinski definition) is 1. The highest BCUT2D eigenvalue weighted by Crippen LogP contribution is 2.28. The number of carbonyl (C=O) groups is 1. The Bertz CT molecular complexity index is 470. The van der Waals surface area contributed by atoms with Gasteiger partial charge in [0.1, 0.15) is 5.75 Å². The molecule has 2 rings (SSSR count). The minimum atomic E-state index is 0.0774. The first-order valence-corrected chi connectivity index (χ1v) is 6.87. The van der Waals surface area contributed by atoms with E-state index < -0.39 is 0 Å². The maximum atomic E-state index is 11.9. The smallest absolute Gasteiger partial charge is 0.224 e. The minimum absolute atomic E-state index is 0.0774. The fraction of sp³-hybridized carbons (Fsp3) is 0.562. The van der Waals surface area contributed by atoms with E-state index in [0.29, 0.717) is 12.5 Å². The summed E-state index contributed by atoms with van der Waals surface area (Å²) in [5, 5.41) is 3.02. The number of amides is 1. The number of methoxy groups -OCH3 is 1. The molecule has 1 N–H and O–H groups in total. The van der Waals surface area contributed by atoms with Crippen LogP contribution >= 0.6 is 0 Å². The van der Waals surface area contributed by atoms with Crippen LogP contribution in [0.3, 0.4) is 0 Å². The summed E-state index contributed by atoms with van der Waals surface area (Å²) in [6, 6.07) is 6.52. The van der Waals surface area contributed by atoms with Crippen LogP contribution in [0.1, 0.15) is 44.7 Å². The van der Waals surface area contributed by atoms with Gasteiger partial charge in [0.15, 0.2) is 0 Å². The summed E-state index contributed by atoms with van der Waals surface area (Å²) >= 11 is 0. The van der Waals surface area contributed by atoms with Gasteiger partial charge in [0, 0.05) is 11.6 Å². The van der Waals surface area contributed by atoms with Crippen molar-refractivity contribution in [2.75, 3.05) is 7.11 Å². The average Bonchev–Trinajstić information content (AvgIpc) is 3.11. The number of rotatable bonds is 4. The second kappa shape index (κ2) is 5.24. The molecular formula is C16H23NO2. The molecule has 3 nitrogen and oxygen atoms in total. The number of ether oxygens (including phenoxy) is 1. The van der Waals surface area contributed by atoms with E-state index in [0.717, 1.165) is 24.2 Å². The monoisotopic (exact) mass is 261 g/mol. The van der Waals surface area contributed by atoms with E-state index in [9.17, 15) is 4.79 Å². The van der Waals surface area contributed by atoms with Crippen LogP contribution in [0.4, 0.5) is 0 Å². The molecule has 3 heteroatoms. The topological polar surface area (TPSA) is 38.3 Å². The van der Waals surface area contributed by atoms with Gasteiger partial charge in [-0.3, -0.25) is 4.79 Å². The van der Waals surface area contributed by atoms with Crippen molar-refractivity contribution in [1.82, 2.24) is 5.32 Å². The van der Waals surface area contributed by atoms with Crippen molar-refractivity contribution in [2.45, 2.75) is 51.5 Å². The van der Waals surface area contributed by atoms with Crippen LogP contribution in [0.15, 0.2) is 18.2 Å². The summed E-state index contributed by atoms with van der Waals surface area (Å²) < 4.78 is 5.35. The molecule has 1 aliphatic rings. The molecule has 0 spiro atoms. The lowest BCUT2D eigenvalue weighted by atomic mass is 9.85. The molecule has 0 aromatic heterocycles. The third kappa shape index (κ3) is 3.72. The summed E-state index contributed by atoms with van der Waals surface area (Å²) in [4.78, 5) is 11.9. The Morgan fingerprint density at radius 2 is 2.05 bits per heavy atom. The van der Waals surface area contributed by atoms with Crippen LogP contribution in [-0.2, 0) is 16.6 Å². The number of carbonyl (C=O) groups excluding carboxylic acids is 1. The Kier molecular flexibility index (Phi) is 3.83. The van der Waals surface area contributed by atoms with E-state index in [1.165, 1.54) is 5.56 Å². The maximum Gasteiger partial charge on any atom is 0.224 e. The molecule has 0 atom stereocenters. The fourth-order valence-corrected chi connectivity index (χ4v) is 2.06. The minimum Gasteiger partial charge on any atom is -0.496 e. The van der Waals surface area contributed by atoms with Gasteiger partial charge in [0.25, 0.3) is 0 Å². The van der Waals surface area contributed by atoms with Crippen molar-refractivity contribution < 1.29 is 9.53 Å². The quantitative estimate of drug-likeness (QED) is 0.905. The van der Waals surface area contributed by atoms with Gasteiger partial charge >= 0.3 is 0 Å². The first-order chi connectivity index (χ1) is 8.90. The van der Waals surface area contributed by atoms with Crippen LogP contribution in [0.2, 0.25) is 0 Å². The molecule has 0 bridgehead atoms. The van der Waals surface area contributed by atoms with Crippen LogP contribution in [0, 0.1) is 0 Å². The van der Waals surface area contributed by atoms with Gasteiger partial charge in [-0.2, -0.15) is 0 Å². The largest absolute Gasteiger partial charge is 0.496 e. The zero-order valence-electron chi connectivity index (χ0n) is 12.2. The van der Waals surface area contributed by atoms with Crippen molar-refractivity contribution in [3.8, 4) is 5.75 Å². The number of nitrogens with one attached hydrogen (secondary N) is 1. The number of hydrogen-bond acceptors (Lipinski definition) is 2. The standard InChI is InChI=1S/C16H23NO2/c1-16(2,3)12-5-8-14(19-4)11(9-12)10-15(18)17-13-6-7-13/h5,8-9,13H,6-7,10H2,1-4H3,(H,17,18). The highest BCUT2D eigenvalue weighted by molar-refractivity contribution is 5.80. The molecule has 0 heterocycles. The van der Waals surface area contributed by atoms with Crippen LogP contribution in [-0.4, -0.2) is 19.1 Å². The van der Waals surface area contributed by atoms with E-state index in [1.807, 2.05) is 6.07 Å². The van der Waals surface area contributed by atoms with Crippen LogP contribution < -0.4 is 10.1 Å². The van der Waals surface area contributed by atoms with Crippen molar-refractivity contribution in [2.24, 2.45) is 0 Å². The molecule has 104 valence electrons. The molecule has 1 amide bonds. The van der Waals surface area contributed by atoms with Crippen molar-refractivity contribution in [3.05, 3.63) is 29.3 Å². The molecule has 1 aromatic rings. The third-order valence-electron chi connectivity index (χ3n) is 3.44. The van der Waals surface area contributed by atoms with E-state index >= 15 is 0 Å². The first-order valence-electron chi connectivity index (χ1n) is 6.87. The van der Waals surface area contributed by atoms with Gasteiger partial charge in [-0.05, 0) is 29.9 Å². The second-order valence-corrected chi connectivity index (χ2v) is 6.30. The Labute approximate surface area is 115 Å². The summed E-state index contributed by atoms with van der Waals surface area (Å²) in [6.07, 6.45) is 2.62. The normalized spacial score (nSPS) is 15.2. The zero-order chi connectivity index (χ0) is 14.0. The van der Waals surface area contributed by atoms with E-state index in [-0.39, 0.29) is 11.3 Å². The highest BCUT2D eigenvalue weighted by atomic mass is 16.5. The van der Waals surface area contributed by atoms with Gasteiger partial charge in [0.05, 0.1) is 13.5 Å². The Hall–Kier alpha value is -1.51. The Morgan fingerprint density at radius 3 is 2.58 bits per heavy atom. The summed E-state index contributed by atoms with van der Waals surface area (Å²) in [7, 11) is 1.65. The van der Waals surface area contributed by atoms with Crippen molar-refractivity contribution in [3.63, 3.8) is 0 Å². The van der Waals surface area contributed by atoms with Crippen molar-refractivity contribution in [1.29, 1.82) is 0 Å². The predicted octanol–water partition coefficient (Wildman–Crippen LogP) is 2.81. The molecule has 0 saturated heterocycles. The fourth-order valence-electron chi connectivity index (χ4n) is 2.06. The lowest BCUT2D eigenvalue weighted by molar-refractivity contribution is -0.120.